The number of hydrogen-bond acceptors (Lipinski definition) is 3. The number of fused-ring (bicyclic) bond motifs is 1. The molecule has 0 saturated heterocycles. The van der Waals surface area contributed by atoms with E-state index in [2.05, 4.69) is 6.07 Å². The summed E-state index contributed by atoms with van der Waals surface area (Å²) in [5.74, 6) is -0.607. The van der Waals surface area contributed by atoms with Crippen molar-refractivity contribution in [2.24, 2.45) is 0 Å². The molecule has 0 aliphatic rings. The number of halogens is 1. The van der Waals surface area contributed by atoms with Crippen LogP contribution >= 0.6 is 22.9 Å². The second kappa shape index (κ2) is 5.87. The average molecular weight is 314 g/mol. The maximum atomic E-state index is 10.4. The molecule has 4 heteroatoms. The molecule has 2 nitrogen and oxygen atoms in total. The smallest absolute Gasteiger partial charge is 0.108 e. The minimum Gasteiger partial charge on any atom is -0.386 e. The lowest BCUT2D eigenvalue weighted by Gasteiger charge is -2.16. The van der Waals surface area contributed by atoms with Crippen LogP contribution in [0.5, 0.6) is 0 Å². The van der Waals surface area contributed by atoms with Crippen molar-refractivity contribution >= 4 is 33.7 Å². The molecule has 0 spiro atoms. The summed E-state index contributed by atoms with van der Waals surface area (Å²) < 4.78 is 0.610. The zero-order valence-corrected chi connectivity index (χ0v) is 12.6. The van der Waals surface area contributed by atoms with Gasteiger partial charge in [0.15, 0.2) is 0 Å². The zero-order valence-electron chi connectivity index (χ0n) is 11.0. The topological polar surface area (TPSA) is 44.0 Å². The van der Waals surface area contributed by atoms with Gasteiger partial charge in [-0.25, -0.2) is 0 Å². The molecule has 1 aromatic heterocycles. The molecule has 0 aliphatic carbocycles. The summed E-state index contributed by atoms with van der Waals surface area (Å²) in [5, 5.41) is 22.1. The Hall–Kier alpha value is -1.86. The molecule has 0 saturated carbocycles. The van der Waals surface area contributed by atoms with Crippen molar-refractivity contribution in [2.75, 3.05) is 0 Å². The third kappa shape index (κ3) is 2.79. The summed E-state index contributed by atoms with van der Waals surface area (Å²) in [5.41, 5.74) is 0.813. The molecular formula is C17H12ClNOS. The third-order valence-corrected chi connectivity index (χ3v) is 4.77. The number of aliphatic hydroxyl groups excluding tert-OH is 1. The Bertz CT molecular complexity index is 821. The maximum absolute atomic E-state index is 10.4. The predicted molar refractivity (Wildman–Crippen MR) is 86.6 cm³/mol. The van der Waals surface area contributed by atoms with Crippen molar-refractivity contribution in [3.05, 3.63) is 69.4 Å². The Morgan fingerprint density at radius 2 is 1.81 bits per heavy atom. The summed E-state index contributed by atoms with van der Waals surface area (Å²) in [7, 11) is 0. The van der Waals surface area contributed by atoms with Crippen molar-refractivity contribution < 1.29 is 5.11 Å². The van der Waals surface area contributed by atoms with Gasteiger partial charge in [-0.05, 0) is 34.5 Å². The first-order valence-electron chi connectivity index (χ1n) is 6.50. The monoisotopic (exact) mass is 313 g/mol. The summed E-state index contributed by atoms with van der Waals surface area (Å²) in [6, 6.07) is 19.5. The predicted octanol–water partition coefficient (Wildman–Crippen LogP) is 4.90. The SMILES string of the molecule is N#CC(c1ccc2ccccc2c1)C(O)c1ccc(Cl)s1. The van der Waals surface area contributed by atoms with Crippen LogP contribution in [-0.4, -0.2) is 5.11 Å². The van der Waals surface area contributed by atoms with Crippen molar-refractivity contribution in [1.82, 2.24) is 0 Å². The Kier molecular flexibility index (Phi) is 3.94. The standard InChI is InChI=1S/C17H12ClNOS/c18-16-8-7-15(21-16)17(20)14(10-19)13-6-5-11-3-1-2-4-12(11)9-13/h1-9,14,17,20H. The van der Waals surface area contributed by atoms with E-state index in [1.807, 2.05) is 42.5 Å². The van der Waals surface area contributed by atoms with Crippen LogP contribution in [0.4, 0.5) is 0 Å². The second-order valence-corrected chi connectivity index (χ2v) is 6.55. The third-order valence-electron chi connectivity index (χ3n) is 3.47. The van der Waals surface area contributed by atoms with Crippen molar-refractivity contribution in [3.8, 4) is 6.07 Å². The van der Waals surface area contributed by atoms with E-state index in [1.165, 1.54) is 11.3 Å². The van der Waals surface area contributed by atoms with Gasteiger partial charge in [0.2, 0.25) is 0 Å². The molecule has 3 aromatic rings. The molecule has 0 aliphatic heterocycles. The maximum Gasteiger partial charge on any atom is 0.108 e. The lowest BCUT2D eigenvalue weighted by Crippen LogP contribution is -2.07. The first-order chi connectivity index (χ1) is 10.2. The minimum atomic E-state index is -0.867. The molecule has 2 atom stereocenters. The van der Waals surface area contributed by atoms with E-state index in [0.29, 0.717) is 9.21 Å². The Balaban J connectivity index is 2.00. The zero-order chi connectivity index (χ0) is 14.8. The van der Waals surface area contributed by atoms with E-state index in [4.69, 9.17) is 11.6 Å². The van der Waals surface area contributed by atoms with Crippen LogP contribution in [0, 0.1) is 11.3 Å². The molecule has 0 amide bonds. The fourth-order valence-corrected chi connectivity index (χ4v) is 3.46. The highest BCUT2D eigenvalue weighted by Crippen LogP contribution is 2.36. The molecule has 21 heavy (non-hydrogen) atoms. The van der Waals surface area contributed by atoms with E-state index in [9.17, 15) is 10.4 Å². The van der Waals surface area contributed by atoms with Crippen LogP contribution in [0.2, 0.25) is 4.34 Å². The number of thiophene rings is 1. The minimum absolute atomic E-state index is 0.607. The number of aliphatic hydroxyl groups is 1. The summed E-state index contributed by atoms with van der Waals surface area (Å²) in [4.78, 5) is 0.708. The van der Waals surface area contributed by atoms with Gasteiger partial charge in [0, 0.05) is 4.88 Å². The van der Waals surface area contributed by atoms with Crippen LogP contribution in [0.15, 0.2) is 54.6 Å². The van der Waals surface area contributed by atoms with Crippen LogP contribution < -0.4 is 0 Å². The number of rotatable bonds is 3. The summed E-state index contributed by atoms with van der Waals surface area (Å²) in [6.45, 7) is 0. The Morgan fingerprint density at radius 1 is 1.05 bits per heavy atom. The molecule has 0 bridgehead atoms. The van der Waals surface area contributed by atoms with Crippen molar-refractivity contribution in [2.45, 2.75) is 12.0 Å². The number of nitriles is 1. The number of benzene rings is 2. The first-order valence-corrected chi connectivity index (χ1v) is 7.70. The molecule has 1 heterocycles. The molecule has 0 fully saturated rings. The quantitative estimate of drug-likeness (QED) is 0.747. The van der Waals surface area contributed by atoms with E-state index < -0.39 is 12.0 Å². The molecule has 1 N–H and O–H groups in total. The fraction of sp³-hybridized carbons (Fsp3) is 0.118. The highest BCUT2D eigenvalue weighted by molar-refractivity contribution is 7.16. The van der Waals surface area contributed by atoms with Crippen LogP contribution in [0.3, 0.4) is 0 Å². The number of nitrogens with zero attached hydrogens (tertiary/aromatic N) is 1. The van der Waals surface area contributed by atoms with Gasteiger partial charge in [0.05, 0.1) is 10.4 Å². The largest absolute Gasteiger partial charge is 0.386 e. The molecule has 104 valence electrons. The highest BCUT2D eigenvalue weighted by atomic mass is 35.5. The van der Waals surface area contributed by atoms with Gasteiger partial charge in [-0.1, -0.05) is 48.0 Å². The van der Waals surface area contributed by atoms with Gasteiger partial charge in [-0.2, -0.15) is 5.26 Å². The fourth-order valence-electron chi connectivity index (χ4n) is 2.38. The molecule has 2 unspecified atom stereocenters. The summed E-state index contributed by atoms with van der Waals surface area (Å²) in [6.07, 6.45) is -0.867. The Labute approximate surface area is 131 Å². The van der Waals surface area contributed by atoms with Gasteiger partial charge in [0.25, 0.3) is 0 Å². The van der Waals surface area contributed by atoms with Gasteiger partial charge in [-0.3, -0.25) is 0 Å². The lowest BCUT2D eigenvalue weighted by atomic mass is 9.92. The van der Waals surface area contributed by atoms with Gasteiger partial charge in [0.1, 0.15) is 12.0 Å². The summed E-state index contributed by atoms with van der Waals surface area (Å²) >= 11 is 7.20. The van der Waals surface area contributed by atoms with Gasteiger partial charge < -0.3 is 5.11 Å². The van der Waals surface area contributed by atoms with E-state index in [-0.39, 0.29) is 0 Å². The van der Waals surface area contributed by atoms with Crippen molar-refractivity contribution in [3.63, 3.8) is 0 Å². The molecular weight excluding hydrogens is 302 g/mol. The first kappa shape index (κ1) is 14.1. The molecule has 3 rings (SSSR count). The lowest BCUT2D eigenvalue weighted by molar-refractivity contribution is 0.168. The number of hydrogen-bond donors (Lipinski definition) is 1. The normalized spacial score (nSPS) is 13.8. The van der Waals surface area contributed by atoms with Crippen LogP contribution in [-0.2, 0) is 0 Å². The molecule has 2 aromatic carbocycles. The second-order valence-electron chi connectivity index (χ2n) is 4.80. The van der Waals surface area contributed by atoms with Gasteiger partial charge >= 0.3 is 0 Å². The Morgan fingerprint density at radius 3 is 2.48 bits per heavy atom. The average Bonchev–Trinajstić information content (AvgIpc) is 2.94. The van der Waals surface area contributed by atoms with E-state index in [1.54, 1.807) is 12.1 Å². The molecule has 0 radical (unpaired) electrons. The van der Waals surface area contributed by atoms with Crippen LogP contribution in [0.1, 0.15) is 22.5 Å². The van der Waals surface area contributed by atoms with Gasteiger partial charge in [-0.15, -0.1) is 11.3 Å². The van der Waals surface area contributed by atoms with Crippen LogP contribution in [0.25, 0.3) is 10.8 Å². The van der Waals surface area contributed by atoms with E-state index >= 15 is 0 Å². The van der Waals surface area contributed by atoms with Crippen molar-refractivity contribution in [1.29, 1.82) is 5.26 Å². The van der Waals surface area contributed by atoms with E-state index in [0.717, 1.165) is 16.3 Å². The highest BCUT2D eigenvalue weighted by Gasteiger charge is 2.24.